The summed E-state index contributed by atoms with van der Waals surface area (Å²) in [5.74, 6) is -1.58. The Balaban J connectivity index is 2.19. The van der Waals surface area contributed by atoms with Crippen molar-refractivity contribution in [2.75, 3.05) is 13.7 Å². The number of amides is 3. The van der Waals surface area contributed by atoms with Crippen LogP contribution in [0.3, 0.4) is 0 Å². The topological polar surface area (TPSA) is 105 Å². The molecule has 0 aliphatic heterocycles. The van der Waals surface area contributed by atoms with Gasteiger partial charge in [0.05, 0.1) is 12.0 Å². The number of imide groups is 1. The van der Waals surface area contributed by atoms with E-state index in [-0.39, 0.29) is 18.6 Å². The number of carbonyl (C=O) groups is 3. The molecule has 0 radical (unpaired) electrons. The van der Waals surface area contributed by atoms with Gasteiger partial charge in [0.1, 0.15) is 6.61 Å². The van der Waals surface area contributed by atoms with E-state index in [0.717, 1.165) is 0 Å². The van der Waals surface area contributed by atoms with Crippen LogP contribution in [0.1, 0.15) is 25.7 Å². The number of ether oxygens (including phenoxy) is 1. The molecule has 0 saturated heterocycles. The summed E-state index contributed by atoms with van der Waals surface area (Å²) >= 11 is 0. The van der Waals surface area contributed by atoms with Gasteiger partial charge in [-0.2, -0.15) is 0 Å². The van der Waals surface area contributed by atoms with Crippen molar-refractivity contribution in [1.82, 2.24) is 10.6 Å². The van der Waals surface area contributed by atoms with Gasteiger partial charge in [-0.1, -0.05) is 0 Å². The maximum Gasteiger partial charge on any atom is 0.321 e. The highest BCUT2D eigenvalue weighted by Crippen LogP contribution is 2.26. The fourth-order valence-corrected chi connectivity index (χ4v) is 1.90. The average Bonchev–Trinajstić information content (AvgIpc) is 2.36. The molecular formula is C11H18N2O5. The van der Waals surface area contributed by atoms with E-state index in [0.29, 0.717) is 25.7 Å². The minimum absolute atomic E-state index is 0.101. The van der Waals surface area contributed by atoms with E-state index in [4.69, 9.17) is 9.84 Å². The van der Waals surface area contributed by atoms with Gasteiger partial charge in [-0.25, -0.2) is 4.79 Å². The van der Waals surface area contributed by atoms with Crippen LogP contribution in [0.25, 0.3) is 0 Å². The van der Waals surface area contributed by atoms with E-state index in [9.17, 15) is 14.4 Å². The van der Waals surface area contributed by atoms with Crippen molar-refractivity contribution < 1.29 is 24.2 Å². The largest absolute Gasteiger partial charge is 0.481 e. The number of hydrogen-bond acceptors (Lipinski definition) is 4. The SMILES string of the molecule is CNC(=O)NC(=O)COC1CCC(C(=O)O)CC1. The number of carboxylic acid groups (broad SMARTS) is 1. The Morgan fingerprint density at radius 2 is 1.83 bits per heavy atom. The van der Waals surface area contributed by atoms with Gasteiger partial charge in [-0.05, 0) is 25.7 Å². The van der Waals surface area contributed by atoms with Gasteiger partial charge in [0, 0.05) is 7.05 Å². The molecule has 3 N–H and O–H groups in total. The van der Waals surface area contributed by atoms with Gasteiger partial charge < -0.3 is 15.2 Å². The van der Waals surface area contributed by atoms with Crippen LogP contribution in [0.15, 0.2) is 0 Å². The molecule has 0 aromatic rings. The molecule has 1 fully saturated rings. The Hall–Kier alpha value is -1.63. The van der Waals surface area contributed by atoms with Gasteiger partial charge in [-0.3, -0.25) is 14.9 Å². The fraction of sp³-hybridized carbons (Fsp3) is 0.727. The van der Waals surface area contributed by atoms with E-state index in [2.05, 4.69) is 10.6 Å². The predicted octanol–water partition coefficient (Wildman–Crippen LogP) is 0.102. The zero-order valence-electron chi connectivity index (χ0n) is 10.3. The van der Waals surface area contributed by atoms with Crippen molar-refractivity contribution in [2.24, 2.45) is 5.92 Å². The number of urea groups is 1. The second-order valence-electron chi connectivity index (χ2n) is 4.25. The van der Waals surface area contributed by atoms with Crippen LogP contribution in [0.2, 0.25) is 0 Å². The van der Waals surface area contributed by atoms with Crippen molar-refractivity contribution in [3.63, 3.8) is 0 Å². The first-order valence-electron chi connectivity index (χ1n) is 5.89. The lowest BCUT2D eigenvalue weighted by Gasteiger charge is -2.25. The van der Waals surface area contributed by atoms with Gasteiger partial charge in [0.15, 0.2) is 0 Å². The molecule has 7 heteroatoms. The maximum absolute atomic E-state index is 11.2. The summed E-state index contributed by atoms with van der Waals surface area (Å²) in [5.41, 5.74) is 0. The van der Waals surface area contributed by atoms with Crippen LogP contribution >= 0.6 is 0 Å². The van der Waals surface area contributed by atoms with Crippen molar-refractivity contribution in [2.45, 2.75) is 31.8 Å². The third-order valence-corrected chi connectivity index (χ3v) is 2.95. The molecule has 1 saturated carbocycles. The Kier molecular flexibility index (Phi) is 5.57. The van der Waals surface area contributed by atoms with E-state index in [1.165, 1.54) is 7.05 Å². The fourth-order valence-electron chi connectivity index (χ4n) is 1.90. The zero-order chi connectivity index (χ0) is 13.5. The van der Waals surface area contributed by atoms with Crippen LogP contribution in [-0.4, -0.2) is 42.8 Å². The highest BCUT2D eigenvalue weighted by atomic mass is 16.5. The lowest BCUT2D eigenvalue weighted by atomic mass is 9.87. The first-order valence-corrected chi connectivity index (χ1v) is 5.89. The van der Waals surface area contributed by atoms with Crippen molar-refractivity contribution in [3.05, 3.63) is 0 Å². The highest BCUT2D eigenvalue weighted by Gasteiger charge is 2.26. The highest BCUT2D eigenvalue weighted by molar-refractivity contribution is 5.94. The van der Waals surface area contributed by atoms with Gasteiger partial charge in [0.2, 0.25) is 0 Å². The normalized spacial score (nSPS) is 23.2. The lowest BCUT2D eigenvalue weighted by molar-refractivity contribution is -0.144. The number of carbonyl (C=O) groups excluding carboxylic acids is 2. The molecule has 0 aromatic carbocycles. The van der Waals surface area contributed by atoms with Crippen LogP contribution in [0.5, 0.6) is 0 Å². The minimum Gasteiger partial charge on any atom is -0.481 e. The summed E-state index contributed by atoms with van der Waals surface area (Å²) in [6.07, 6.45) is 2.29. The van der Waals surface area contributed by atoms with Crippen molar-refractivity contribution in [1.29, 1.82) is 0 Å². The summed E-state index contributed by atoms with van der Waals surface area (Å²) < 4.78 is 5.33. The number of carboxylic acids is 1. The lowest BCUT2D eigenvalue weighted by Crippen LogP contribution is -2.40. The third-order valence-electron chi connectivity index (χ3n) is 2.95. The van der Waals surface area contributed by atoms with Crippen LogP contribution in [0.4, 0.5) is 4.79 Å². The molecule has 3 amide bonds. The molecule has 1 aliphatic rings. The maximum atomic E-state index is 11.2. The van der Waals surface area contributed by atoms with Crippen LogP contribution in [-0.2, 0) is 14.3 Å². The first-order chi connectivity index (χ1) is 8.52. The molecule has 7 nitrogen and oxygen atoms in total. The molecule has 0 spiro atoms. The Bertz CT molecular complexity index is 323. The van der Waals surface area contributed by atoms with Crippen LogP contribution in [0, 0.1) is 5.92 Å². The number of nitrogens with one attached hydrogen (secondary N) is 2. The van der Waals surface area contributed by atoms with Crippen LogP contribution < -0.4 is 10.6 Å². The summed E-state index contributed by atoms with van der Waals surface area (Å²) in [4.78, 5) is 32.8. The van der Waals surface area contributed by atoms with Crippen molar-refractivity contribution >= 4 is 17.9 Å². The number of rotatable bonds is 4. The van der Waals surface area contributed by atoms with E-state index >= 15 is 0 Å². The molecule has 0 atom stereocenters. The number of aliphatic carboxylic acids is 1. The van der Waals surface area contributed by atoms with E-state index < -0.39 is 17.9 Å². The Morgan fingerprint density at radius 3 is 2.33 bits per heavy atom. The van der Waals surface area contributed by atoms with E-state index in [1.807, 2.05) is 0 Å². The smallest absolute Gasteiger partial charge is 0.321 e. The molecule has 102 valence electrons. The average molecular weight is 258 g/mol. The summed E-state index contributed by atoms with van der Waals surface area (Å²) in [5, 5.41) is 13.2. The summed E-state index contributed by atoms with van der Waals surface area (Å²) in [6.45, 7) is -0.185. The summed E-state index contributed by atoms with van der Waals surface area (Å²) in [7, 11) is 1.41. The molecule has 0 heterocycles. The van der Waals surface area contributed by atoms with E-state index in [1.54, 1.807) is 0 Å². The zero-order valence-corrected chi connectivity index (χ0v) is 10.3. The molecule has 18 heavy (non-hydrogen) atoms. The second-order valence-corrected chi connectivity index (χ2v) is 4.25. The molecule has 0 aromatic heterocycles. The molecule has 1 aliphatic carbocycles. The minimum atomic E-state index is -0.772. The van der Waals surface area contributed by atoms with Gasteiger partial charge >= 0.3 is 12.0 Å². The van der Waals surface area contributed by atoms with Crippen molar-refractivity contribution in [3.8, 4) is 0 Å². The number of hydrogen-bond donors (Lipinski definition) is 3. The third kappa shape index (κ3) is 4.70. The quantitative estimate of drug-likeness (QED) is 0.663. The Labute approximate surface area is 105 Å². The van der Waals surface area contributed by atoms with Gasteiger partial charge in [0.25, 0.3) is 5.91 Å². The Morgan fingerprint density at radius 1 is 1.22 bits per heavy atom. The molecular weight excluding hydrogens is 240 g/mol. The molecule has 0 bridgehead atoms. The summed E-state index contributed by atoms with van der Waals surface area (Å²) in [6, 6.07) is -0.571. The monoisotopic (exact) mass is 258 g/mol. The molecule has 1 rings (SSSR count). The molecule has 0 unspecified atom stereocenters. The first kappa shape index (κ1) is 14.4. The van der Waals surface area contributed by atoms with Gasteiger partial charge in [-0.15, -0.1) is 0 Å². The second kappa shape index (κ2) is 6.95. The predicted molar refractivity (Wildman–Crippen MR) is 61.9 cm³/mol. The standard InChI is InChI=1S/C11H18N2O5/c1-12-11(17)13-9(14)6-18-8-4-2-7(3-5-8)10(15)16/h7-8H,2-6H2,1H3,(H,15,16)(H2,12,13,14,17).